The van der Waals surface area contributed by atoms with Crippen LogP contribution in [0.2, 0.25) is 0 Å². The third kappa shape index (κ3) is 4.33. The van der Waals surface area contributed by atoms with Crippen molar-refractivity contribution in [2.75, 3.05) is 19.7 Å². The van der Waals surface area contributed by atoms with E-state index < -0.39 is 0 Å². The van der Waals surface area contributed by atoms with E-state index in [1.807, 2.05) is 47.6 Å². The van der Waals surface area contributed by atoms with E-state index in [9.17, 15) is 4.79 Å². The maximum absolute atomic E-state index is 13.1. The molecule has 1 unspecified atom stereocenters. The van der Waals surface area contributed by atoms with Crippen LogP contribution in [0.25, 0.3) is 0 Å². The van der Waals surface area contributed by atoms with Gasteiger partial charge in [0.1, 0.15) is 11.6 Å². The topological polar surface area (TPSA) is 59.4 Å². The van der Waals surface area contributed by atoms with Crippen LogP contribution in [0, 0.1) is 5.41 Å². The lowest BCUT2D eigenvalue weighted by molar-refractivity contribution is -0.135. The lowest BCUT2D eigenvalue weighted by atomic mass is 9.93. The summed E-state index contributed by atoms with van der Waals surface area (Å²) in [4.78, 5) is 19.6. The van der Waals surface area contributed by atoms with E-state index in [0.717, 1.165) is 50.5 Å². The van der Waals surface area contributed by atoms with E-state index in [4.69, 9.17) is 4.74 Å². The Morgan fingerprint density at radius 3 is 2.79 bits per heavy atom. The second-order valence-electron chi connectivity index (χ2n) is 7.59. The Bertz CT molecular complexity index is 774. The monoisotopic (exact) mass is 404 g/mol. The van der Waals surface area contributed by atoms with Gasteiger partial charge in [-0.15, -0.1) is 12.4 Å². The molecule has 1 aromatic carbocycles. The van der Waals surface area contributed by atoms with Crippen molar-refractivity contribution in [3.05, 3.63) is 48.5 Å². The van der Waals surface area contributed by atoms with Crippen LogP contribution < -0.4 is 10.1 Å². The molecule has 1 amide bonds. The van der Waals surface area contributed by atoms with Gasteiger partial charge in [0.05, 0.1) is 6.54 Å². The number of benzene rings is 1. The van der Waals surface area contributed by atoms with E-state index in [-0.39, 0.29) is 30.3 Å². The summed E-state index contributed by atoms with van der Waals surface area (Å²) >= 11 is 0. The molecule has 152 valence electrons. The number of nitrogens with zero attached hydrogens (tertiary/aromatic N) is 3. The fourth-order valence-corrected chi connectivity index (χ4v) is 4.28. The first kappa shape index (κ1) is 20.7. The van der Waals surface area contributed by atoms with Crippen LogP contribution in [0.3, 0.4) is 0 Å². The van der Waals surface area contributed by atoms with Crippen LogP contribution in [0.4, 0.5) is 0 Å². The Balaban J connectivity index is 0.00000225. The highest BCUT2D eigenvalue weighted by molar-refractivity contribution is 5.85. The molecule has 0 bridgehead atoms. The summed E-state index contributed by atoms with van der Waals surface area (Å²) in [5.41, 5.74) is 0.289. The number of hydrogen-bond donors (Lipinski definition) is 1. The van der Waals surface area contributed by atoms with Gasteiger partial charge >= 0.3 is 0 Å². The van der Waals surface area contributed by atoms with Gasteiger partial charge in [0.25, 0.3) is 5.91 Å². The summed E-state index contributed by atoms with van der Waals surface area (Å²) in [6.45, 7) is 5.67. The number of para-hydroxylation sites is 1. The predicted molar refractivity (Wildman–Crippen MR) is 111 cm³/mol. The second kappa shape index (κ2) is 8.97. The van der Waals surface area contributed by atoms with Gasteiger partial charge in [-0.1, -0.05) is 18.2 Å². The van der Waals surface area contributed by atoms with Crippen molar-refractivity contribution in [1.82, 2.24) is 19.8 Å². The molecule has 1 aliphatic heterocycles. The molecule has 6 nitrogen and oxygen atoms in total. The van der Waals surface area contributed by atoms with Gasteiger partial charge < -0.3 is 19.5 Å². The average molecular weight is 405 g/mol. The summed E-state index contributed by atoms with van der Waals surface area (Å²) in [7, 11) is 0. The number of rotatable bonds is 7. The van der Waals surface area contributed by atoms with Crippen LogP contribution in [0.1, 0.15) is 32.0 Å². The molecule has 1 aromatic heterocycles. The number of carbonyl (C=O) groups excluding carboxylic acids is 1. The van der Waals surface area contributed by atoms with Crippen LogP contribution >= 0.6 is 12.4 Å². The van der Waals surface area contributed by atoms with Gasteiger partial charge in [0, 0.05) is 25.0 Å². The van der Waals surface area contributed by atoms with Crippen molar-refractivity contribution in [2.45, 2.75) is 45.3 Å². The predicted octanol–water partition coefficient (Wildman–Crippen LogP) is 2.87. The standard InChI is InChI=1S/C21H28N4O2.ClH/c1-2-24-13-12-23-19(24)15-25(18-14-21(18)8-10-22-11-9-21)20(26)16-27-17-6-4-3-5-7-17;/h3-7,12-13,18,22H,2,8-11,14-16H2,1H3;1H. The molecule has 2 heterocycles. The van der Waals surface area contributed by atoms with Crippen molar-refractivity contribution in [2.24, 2.45) is 5.41 Å². The third-order valence-corrected chi connectivity index (χ3v) is 6.00. The highest BCUT2D eigenvalue weighted by Gasteiger charge is 2.57. The Morgan fingerprint density at radius 2 is 2.07 bits per heavy atom. The van der Waals surface area contributed by atoms with Crippen LogP contribution in [-0.4, -0.2) is 46.1 Å². The molecule has 1 atom stereocenters. The van der Waals surface area contributed by atoms with Gasteiger partial charge in [0.2, 0.25) is 0 Å². The first-order chi connectivity index (χ1) is 13.2. The lowest BCUT2D eigenvalue weighted by Gasteiger charge is -2.29. The molecule has 0 radical (unpaired) electrons. The number of halogens is 1. The molecule has 28 heavy (non-hydrogen) atoms. The number of amides is 1. The van der Waals surface area contributed by atoms with Crippen LogP contribution in [0.15, 0.2) is 42.7 Å². The number of aromatic nitrogens is 2. The number of carbonyl (C=O) groups is 1. The van der Waals surface area contributed by atoms with Crippen molar-refractivity contribution in [3.8, 4) is 5.75 Å². The van der Waals surface area contributed by atoms with Crippen molar-refractivity contribution < 1.29 is 9.53 Å². The number of ether oxygens (including phenoxy) is 1. The van der Waals surface area contributed by atoms with Crippen molar-refractivity contribution in [3.63, 3.8) is 0 Å². The minimum atomic E-state index is 0. The summed E-state index contributed by atoms with van der Waals surface area (Å²) in [5, 5.41) is 3.43. The number of nitrogens with one attached hydrogen (secondary N) is 1. The number of aryl methyl sites for hydroxylation is 1. The smallest absolute Gasteiger partial charge is 0.261 e. The lowest BCUT2D eigenvalue weighted by Crippen LogP contribution is -2.41. The minimum absolute atomic E-state index is 0. The van der Waals surface area contributed by atoms with Gasteiger partial charge in [-0.3, -0.25) is 4.79 Å². The van der Waals surface area contributed by atoms with E-state index in [1.54, 1.807) is 0 Å². The van der Waals surface area contributed by atoms with E-state index in [0.29, 0.717) is 12.6 Å². The largest absolute Gasteiger partial charge is 0.484 e. The maximum Gasteiger partial charge on any atom is 0.261 e. The van der Waals surface area contributed by atoms with Crippen LogP contribution in [0.5, 0.6) is 5.75 Å². The molecule has 1 aliphatic carbocycles. The van der Waals surface area contributed by atoms with E-state index >= 15 is 0 Å². The van der Waals surface area contributed by atoms with Gasteiger partial charge in [-0.05, 0) is 56.8 Å². The third-order valence-electron chi connectivity index (χ3n) is 6.00. The SMILES string of the molecule is CCn1ccnc1CN(C(=O)COc1ccccc1)C1CC12CCNCC2.Cl. The fourth-order valence-electron chi connectivity index (χ4n) is 4.28. The van der Waals surface area contributed by atoms with E-state index in [1.165, 1.54) is 0 Å². The second-order valence-corrected chi connectivity index (χ2v) is 7.59. The van der Waals surface area contributed by atoms with Gasteiger partial charge in [-0.25, -0.2) is 4.98 Å². The van der Waals surface area contributed by atoms with Crippen molar-refractivity contribution >= 4 is 18.3 Å². The molecular weight excluding hydrogens is 376 g/mol. The Hall–Kier alpha value is -2.05. The molecule has 2 aliphatic rings. The summed E-state index contributed by atoms with van der Waals surface area (Å²) < 4.78 is 7.85. The highest BCUT2D eigenvalue weighted by atomic mass is 35.5. The highest BCUT2D eigenvalue weighted by Crippen LogP contribution is 2.56. The summed E-state index contributed by atoms with van der Waals surface area (Å²) in [5.74, 6) is 1.72. The van der Waals surface area contributed by atoms with Crippen molar-refractivity contribution in [1.29, 1.82) is 0 Å². The summed E-state index contributed by atoms with van der Waals surface area (Å²) in [6, 6.07) is 9.84. The normalized spacial score (nSPS) is 19.7. The molecule has 7 heteroatoms. The summed E-state index contributed by atoms with van der Waals surface area (Å²) in [6.07, 6.45) is 7.17. The zero-order valence-corrected chi connectivity index (χ0v) is 17.2. The molecule has 1 N–H and O–H groups in total. The zero-order chi connectivity index (χ0) is 18.7. The van der Waals surface area contributed by atoms with Crippen LogP contribution in [-0.2, 0) is 17.9 Å². The number of piperidine rings is 1. The fraction of sp³-hybridized carbons (Fsp3) is 0.524. The molecule has 1 saturated heterocycles. The Morgan fingerprint density at radius 1 is 1.32 bits per heavy atom. The minimum Gasteiger partial charge on any atom is -0.484 e. The average Bonchev–Trinajstić information content (AvgIpc) is 3.18. The number of hydrogen-bond acceptors (Lipinski definition) is 4. The molecule has 4 rings (SSSR count). The zero-order valence-electron chi connectivity index (χ0n) is 16.3. The Labute approximate surface area is 172 Å². The molecule has 1 saturated carbocycles. The quantitative estimate of drug-likeness (QED) is 0.770. The molecule has 1 spiro atoms. The molecular formula is C21H29ClN4O2. The maximum atomic E-state index is 13.1. The Kier molecular flexibility index (Phi) is 6.62. The first-order valence-corrected chi connectivity index (χ1v) is 9.90. The first-order valence-electron chi connectivity index (χ1n) is 9.90. The van der Waals surface area contributed by atoms with Gasteiger partial charge in [0.15, 0.2) is 6.61 Å². The molecule has 2 aromatic rings. The molecule has 2 fully saturated rings. The van der Waals surface area contributed by atoms with E-state index in [2.05, 4.69) is 21.8 Å². The number of imidazole rings is 1. The van der Waals surface area contributed by atoms with Gasteiger partial charge in [-0.2, -0.15) is 0 Å².